The maximum atomic E-state index is 11.2. The Hall–Kier alpha value is -1.77. The Morgan fingerprint density at radius 3 is 2.79 bits per heavy atom. The molecule has 9 heteroatoms. The highest BCUT2D eigenvalue weighted by Crippen LogP contribution is 2.03. The molecular formula is C5H6N4O4S. The zero-order valence-corrected chi connectivity index (χ0v) is 7.72. The minimum absolute atomic E-state index is 0.354. The van der Waals surface area contributed by atoms with E-state index in [9.17, 15) is 18.5 Å². The number of nitro groups is 1. The number of hydrogen-bond donors (Lipinski definition) is 0. The van der Waals surface area contributed by atoms with Gasteiger partial charge in [-0.15, -0.1) is 6.58 Å². The van der Waals surface area contributed by atoms with Crippen LogP contribution in [0.25, 0.3) is 0 Å². The quantitative estimate of drug-likeness (QED) is 0.384. The molecule has 0 aliphatic carbocycles. The van der Waals surface area contributed by atoms with Gasteiger partial charge in [-0.1, -0.05) is 10.2 Å². The second kappa shape index (κ2) is 3.54. The third kappa shape index (κ3) is 1.93. The van der Waals surface area contributed by atoms with E-state index in [1.165, 1.54) is 0 Å². The maximum Gasteiger partial charge on any atom is 0.491 e. The molecule has 76 valence electrons. The zero-order valence-electron chi connectivity index (χ0n) is 6.90. The maximum absolute atomic E-state index is 11.2. The second-order valence-corrected chi connectivity index (χ2v) is 4.11. The van der Waals surface area contributed by atoms with Crippen molar-refractivity contribution in [3.05, 3.63) is 29.1 Å². The van der Waals surface area contributed by atoms with E-state index in [4.69, 9.17) is 0 Å². The largest absolute Gasteiger partial charge is 0.491 e. The first-order valence-corrected chi connectivity index (χ1v) is 4.98. The molecule has 1 rings (SSSR count). The van der Waals surface area contributed by atoms with Crippen LogP contribution >= 0.6 is 0 Å². The summed E-state index contributed by atoms with van der Waals surface area (Å²) < 4.78 is 22.9. The molecule has 1 heterocycles. The van der Waals surface area contributed by atoms with E-state index in [0.29, 0.717) is 4.09 Å². The molecule has 0 aliphatic rings. The smallest absolute Gasteiger partial charge is 0.390 e. The monoisotopic (exact) mass is 218 g/mol. The predicted octanol–water partition coefficient (Wildman–Crippen LogP) is -0.450. The van der Waals surface area contributed by atoms with E-state index in [1.54, 1.807) is 0 Å². The van der Waals surface area contributed by atoms with Crippen LogP contribution in [0, 0.1) is 10.1 Å². The Labute approximate surface area is 79.1 Å². The predicted molar refractivity (Wildman–Crippen MR) is 46.1 cm³/mol. The molecule has 0 saturated carbocycles. The Morgan fingerprint density at radius 1 is 1.71 bits per heavy atom. The van der Waals surface area contributed by atoms with Crippen molar-refractivity contribution in [3.63, 3.8) is 0 Å². The van der Waals surface area contributed by atoms with Gasteiger partial charge in [0, 0.05) is 5.10 Å². The molecule has 0 bridgehead atoms. The van der Waals surface area contributed by atoms with E-state index in [-0.39, 0.29) is 5.75 Å². The molecule has 14 heavy (non-hydrogen) atoms. The van der Waals surface area contributed by atoms with Gasteiger partial charge in [0.1, 0.15) is 0 Å². The molecule has 0 N–H and O–H groups in total. The highest BCUT2D eigenvalue weighted by atomic mass is 32.2. The van der Waals surface area contributed by atoms with E-state index >= 15 is 0 Å². The normalized spacial score (nSPS) is 11.1. The SMILES string of the molecule is C=CCS(=O)(=O)n1cnc([N+](=O)[O-])n1. The first kappa shape index (κ1) is 10.3. The summed E-state index contributed by atoms with van der Waals surface area (Å²) in [5, 5.41) is 13.3. The van der Waals surface area contributed by atoms with Gasteiger partial charge in [-0.25, -0.2) is 8.42 Å². The zero-order chi connectivity index (χ0) is 10.8. The molecule has 0 aromatic carbocycles. The van der Waals surface area contributed by atoms with Crippen molar-refractivity contribution < 1.29 is 13.3 Å². The molecule has 0 saturated heterocycles. The van der Waals surface area contributed by atoms with Gasteiger partial charge in [-0.3, -0.25) is 0 Å². The van der Waals surface area contributed by atoms with Gasteiger partial charge < -0.3 is 10.1 Å². The lowest BCUT2D eigenvalue weighted by atomic mass is 10.8. The third-order valence-electron chi connectivity index (χ3n) is 1.24. The molecule has 8 nitrogen and oxygen atoms in total. The van der Waals surface area contributed by atoms with Crippen LogP contribution in [0.3, 0.4) is 0 Å². The number of aromatic nitrogens is 3. The van der Waals surface area contributed by atoms with Gasteiger partial charge in [-0.05, 0) is 9.91 Å². The van der Waals surface area contributed by atoms with Crippen molar-refractivity contribution in [1.29, 1.82) is 0 Å². The minimum Gasteiger partial charge on any atom is -0.390 e. The lowest BCUT2D eigenvalue weighted by Crippen LogP contribution is -2.15. The van der Waals surface area contributed by atoms with Crippen molar-refractivity contribution in [1.82, 2.24) is 14.2 Å². The summed E-state index contributed by atoms with van der Waals surface area (Å²) in [6, 6.07) is 0. The minimum atomic E-state index is -3.70. The molecule has 0 fully saturated rings. The second-order valence-electron chi connectivity index (χ2n) is 2.24. The lowest BCUT2D eigenvalue weighted by molar-refractivity contribution is -0.394. The lowest BCUT2D eigenvalue weighted by Gasteiger charge is -1.93. The Balaban J connectivity index is 3.09. The molecule has 0 amide bonds. The fraction of sp³-hybridized carbons (Fsp3) is 0.200. The summed E-state index contributed by atoms with van der Waals surface area (Å²) in [6.07, 6.45) is 1.93. The molecule has 0 aliphatic heterocycles. The number of hydrogen-bond acceptors (Lipinski definition) is 6. The van der Waals surface area contributed by atoms with Gasteiger partial charge in [0.15, 0.2) is 0 Å². The van der Waals surface area contributed by atoms with Crippen LogP contribution in [-0.2, 0) is 10.0 Å². The van der Waals surface area contributed by atoms with Gasteiger partial charge in [0.2, 0.25) is 6.33 Å². The average molecular weight is 218 g/mol. The van der Waals surface area contributed by atoms with Crippen LogP contribution < -0.4 is 0 Å². The van der Waals surface area contributed by atoms with Crippen LogP contribution in [0.5, 0.6) is 0 Å². The third-order valence-corrected chi connectivity index (χ3v) is 2.64. The van der Waals surface area contributed by atoms with Crippen molar-refractivity contribution in [2.75, 3.05) is 5.75 Å². The van der Waals surface area contributed by atoms with Gasteiger partial charge in [0.05, 0.1) is 5.75 Å². The molecular weight excluding hydrogens is 212 g/mol. The van der Waals surface area contributed by atoms with Crippen LogP contribution in [0.2, 0.25) is 0 Å². The Morgan fingerprint density at radius 2 is 2.36 bits per heavy atom. The molecule has 0 radical (unpaired) electrons. The topological polar surface area (TPSA) is 108 Å². The number of nitrogens with zero attached hydrogens (tertiary/aromatic N) is 4. The highest BCUT2D eigenvalue weighted by molar-refractivity contribution is 7.89. The number of rotatable bonds is 4. The van der Waals surface area contributed by atoms with Crippen LogP contribution in [-0.4, -0.2) is 33.3 Å². The summed E-state index contributed by atoms with van der Waals surface area (Å²) >= 11 is 0. The van der Waals surface area contributed by atoms with Crippen LogP contribution in [0.4, 0.5) is 5.95 Å². The van der Waals surface area contributed by atoms with Gasteiger partial charge >= 0.3 is 5.95 Å². The Bertz CT molecular complexity index is 462. The van der Waals surface area contributed by atoms with Gasteiger partial charge in [0.25, 0.3) is 10.0 Å². The molecule has 0 atom stereocenters. The van der Waals surface area contributed by atoms with Crippen molar-refractivity contribution in [2.45, 2.75) is 0 Å². The van der Waals surface area contributed by atoms with Gasteiger partial charge in [-0.2, -0.15) is 0 Å². The summed E-state index contributed by atoms with van der Waals surface area (Å²) in [5.74, 6) is -1.11. The average Bonchev–Trinajstić information content (AvgIpc) is 2.51. The van der Waals surface area contributed by atoms with Crippen molar-refractivity contribution >= 4 is 16.0 Å². The standard InChI is InChI=1S/C5H6N4O4S/c1-2-3-14(12,13)8-4-6-5(7-8)9(10)11/h2,4H,1,3H2. The van der Waals surface area contributed by atoms with E-state index in [1.807, 2.05) is 0 Å². The van der Waals surface area contributed by atoms with E-state index < -0.39 is 20.9 Å². The molecule has 0 spiro atoms. The molecule has 1 aromatic rings. The first-order valence-electron chi connectivity index (χ1n) is 3.37. The van der Waals surface area contributed by atoms with Crippen LogP contribution in [0.1, 0.15) is 0 Å². The summed E-state index contributed by atoms with van der Waals surface area (Å²) in [4.78, 5) is 12.5. The Kier molecular flexibility index (Phi) is 2.60. The first-order chi connectivity index (χ1) is 6.47. The summed E-state index contributed by atoms with van der Waals surface area (Å²) in [5.41, 5.74) is 0. The van der Waals surface area contributed by atoms with Crippen molar-refractivity contribution in [2.24, 2.45) is 0 Å². The van der Waals surface area contributed by atoms with E-state index in [0.717, 1.165) is 12.4 Å². The fourth-order valence-electron chi connectivity index (χ4n) is 0.684. The highest BCUT2D eigenvalue weighted by Gasteiger charge is 2.21. The summed E-state index contributed by atoms with van der Waals surface area (Å²) in [6.45, 7) is 3.24. The summed E-state index contributed by atoms with van der Waals surface area (Å²) in [7, 11) is -3.70. The van der Waals surface area contributed by atoms with Crippen LogP contribution in [0.15, 0.2) is 19.0 Å². The fourth-order valence-corrected chi connectivity index (χ4v) is 1.52. The molecule has 0 unspecified atom stereocenters. The molecule has 1 aromatic heterocycles. The van der Waals surface area contributed by atoms with Crippen molar-refractivity contribution in [3.8, 4) is 0 Å². The van der Waals surface area contributed by atoms with E-state index in [2.05, 4.69) is 16.7 Å².